The van der Waals surface area contributed by atoms with Crippen LogP contribution in [0.4, 0.5) is 11.8 Å². The van der Waals surface area contributed by atoms with Gasteiger partial charge in [0.2, 0.25) is 11.9 Å². The number of hydrogen-bond donors (Lipinski definition) is 2. The number of amides is 1. The second-order valence-corrected chi connectivity index (χ2v) is 7.49. The predicted octanol–water partition coefficient (Wildman–Crippen LogP) is 0.830. The summed E-state index contributed by atoms with van der Waals surface area (Å²) in [5.74, 6) is 1.48. The number of nitrogen functional groups attached to an aromatic ring is 1. The normalized spacial score (nSPS) is 23.6. The van der Waals surface area contributed by atoms with Gasteiger partial charge in [-0.1, -0.05) is 6.07 Å². The van der Waals surface area contributed by atoms with Crippen molar-refractivity contribution < 1.29 is 4.79 Å². The maximum atomic E-state index is 12.6. The Morgan fingerprint density at radius 3 is 2.89 bits per heavy atom. The molecule has 27 heavy (non-hydrogen) atoms. The van der Waals surface area contributed by atoms with Crippen molar-refractivity contribution in [2.24, 2.45) is 5.92 Å². The smallest absolute Gasteiger partial charge is 0.251 e. The Labute approximate surface area is 157 Å². The number of carbonyl (C=O) groups is 1. The fourth-order valence-electron chi connectivity index (χ4n) is 4.48. The third-order valence-electron chi connectivity index (χ3n) is 5.54. The molecule has 2 aliphatic rings. The Morgan fingerprint density at radius 1 is 1.33 bits per heavy atom. The number of aryl methyl sites for hydroxylation is 1. The number of carbonyl (C=O) groups excluding carboxylic acids is 1. The van der Waals surface area contributed by atoms with Gasteiger partial charge in [0.15, 0.2) is 0 Å². The van der Waals surface area contributed by atoms with Crippen molar-refractivity contribution in [1.82, 2.24) is 19.9 Å². The zero-order chi connectivity index (χ0) is 19.1. The first-order valence-electron chi connectivity index (χ1n) is 9.24. The van der Waals surface area contributed by atoms with Crippen molar-refractivity contribution in [3.63, 3.8) is 0 Å². The summed E-state index contributed by atoms with van der Waals surface area (Å²) in [4.78, 5) is 34.9. The summed E-state index contributed by atoms with van der Waals surface area (Å²) < 4.78 is 1.88. The van der Waals surface area contributed by atoms with E-state index in [1.807, 2.05) is 29.7 Å². The van der Waals surface area contributed by atoms with Crippen molar-refractivity contribution in [3.8, 4) is 0 Å². The van der Waals surface area contributed by atoms with Crippen LogP contribution in [0.1, 0.15) is 36.7 Å². The molecule has 2 aromatic heterocycles. The van der Waals surface area contributed by atoms with Gasteiger partial charge in [0.25, 0.3) is 5.56 Å². The number of nitrogens with zero attached hydrogens (tertiary/aromatic N) is 4. The number of fused-ring (bicyclic) bond motifs is 4. The highest BCUT2D eigenvalue weighted by Crippen LogP contribution is 2.41. The molecule has 0 unspecified atom stereocenters. The Balaban J connectivity index is 1.72. The van der Waals surface area contributed by atoms with E-state index in [2.05, 4.69) is 20.2 Å². The SMILES string of the molecule is CC(=O)NC[C@H]1[C@H]2C[C@H](CN(c3cc(C)nc(N)n3)C2)c2cccc(=O)n21. The second kappa shape index (κ2) is 6.68. The van der Waals surface area contributed by atoms with Gasteiger partial charge in [0.05, 0.1) is 6.04 Å². The van der Waals surface area contributed by atoms with E-state index in [4.69, 9.17) is 5.73 Å². The second-order valence-electron chi connectivity index (χ2n) is 7.49. The molecule has 0 saturated carbocycles. The minimum absolute atomic E-state index is 0.00636. The summed E-state index contributed by atoms with van der Waals surface area (Å²) in [6.07, 6.45) is 0.990. The first kappa shape index (κ1) is 17.5. The number of nitrogens with one attached hydrogen (secondary N) is 1. The van der Waals surface area contributed by atoms with Crippen molar-refractivity contribution in [1.29, 1.82) is 0 Å². The lowest BCUT2D eigenvalue weighted by molar-refractivity contribution is -0.119. The highest BCUT2D eigenvalue weighted by molar-refractivity contribution is 5.72. The lowest BCUT2D eigenvalue weighted by Gasteiger charge is -2.47. The molecule has 3 atom stereocenters. The zero-order valence-corrected chi connectivity index (χ0v) is 15.6. The van der Waals surface area contributed by atoms with Gasteiger partial charge in [-0.3, -0.25) is 9.59 Å². The number of rotatable bonds is 3. The molecule has 1 fully saturated rings. The molecule has 4 rings (SSSR count). The maximum absolute atomic E-state index is 12.6. The summed E-state index contributed by atoms with van der Waals surface area (Å²) in [6, 6.07) is 7.30. The minimum Gasteiger partial charge on any atom is -0.368 e. The first-order valence-corrected chi connectivity index (χ1v) is 9.24. The topological polar surface area (TPSA) is 106 Å². The molecule has 1 amide bonds. The zero-order valence-electron chi connectivity index (χ0n) is 15.6. The van der Waals surface area contributed by atoms with E-state index in [0.29, 0.717) is 6.54 Å². The fraction of sp³-hybridized carbons (Fsp3) is 0.474. The van der Waals surface area contributed by atoms with Gasteiger partial charge in [0.1, 0.15) is 5.82 Å². The molecule has 1 saturated heterocycles. The summed E-state index contributed by atoms with van der Waals surface area (Å²) >= 11 is 0. The monoisotopic (exact) mass is 368 g/mol. The van der Waals surface area contributed by atoms with Gasteiger partial charge >= 0.3 is 0 Å². The fourth-order valence-corrected chi connectivity index (χ4v) is 4.48. The predicted molar refractivity (Wildman–Crippen MR) is 103 cm³/mol. The number of pyridine rings is 1. The standard InChI is InChI=1S/C19H24N6O2/c1-11-6-17(23-19(20)22-11)24-9-13-7-14(10-24)16(8-21-12(2)26)25-15(13)4-3-5-18(25)27/h3-6,13-14,16H,7-10H2,1-2H3,(H,21,26)(H2,20,22,23)/t13-,14+,16+/m1/s1. The first-order chi connectivity index (χ1) is 12.9. The number of anilines is 2. The van der Waals surface area contributed by atoms with E-state index in [9.17, 15) is 9.59 Å². The number of piperidine rings is 1. The molecular formula is C19H24N6O2. The van der Waals surface area contributed by atoms with E-state index < -0.39 is 0 Å². The molecule has 2 bridgehead atoms. The van der Waals surface area contributed by atoms with Gasteiger partial charge in [0, 0.05) is 56.0 Å². The molecular weight excluding hydrogens is 344 g/mol. The summed E-state index contributed by atoms with van der Waals surface area (Å²) in [7, 11) is 0. The van der Waals surface area contributed by atoms with Crippen LogP contribution in [0.15, 0.2) is 29.1 Å². The summed E-state index contributed by atoms with van der Waals surface area (Å²) in [5, 5.41) is 2.90. The van der Waals surface area contributed by atoms with Crippen LogP contribution in [0.2, 0.25) is 0 Å². The van der Waals surface area contributed by atoms with E-state index in [1.165, 1.54) is 6.92 Å². The molecule has 3 N–H and O–H groups in total. The molecule has 0 radical (unpaired) electrons. The summed E-state index contributed by atoms with van der Waals surface area (Å²) in [5.41, 5.74) is 7.70. The van der Waals surface area contributed by atoms with E-state index in [1.54, 1.807) is 6.07 Å². The Kier molecular flexibility index (Phi) is 4.33. The number of hydrogen-bond acceptors (Lipinski definition) is 6. The minimum atomic E-state index is -0.0884. The largest absolute Gasteiger partial charge is 0.368 e. The van der Waals surface area contributed by atoms with Gasteiger partial charge in [-0.2, -0.15) is 4.98 Å². The molecule has 2 aromatic rings. The average molecular weight is 368 g/mol. The van der Waals surface area contributed by atoms with E-state index >= 15 is 0 Å². The Hall–Kier alpha value is -2.90. The highest BCUT2D eigenvalue weighted by Gasteiger charge is 2.40. The van der Waals surface area contributed by atoms with Crippen LogP contribution in [0.25, 0.3) is 0 Å². The quantitative estimate of drug-likeness (QED) is 0.831. The molecule has 0 spiro atoms. The molecule has 0 aromatic carbocycles. The van der Waals surface area contributed by atoms with Crippen LogP contribution < -0.4 is 21.5 Å². The third-order valence-corrected chi connectivity index (χ3v) is 5.54. The van der Waals surface area contributed by atoms with E-state index in [0.717, 1.165) is 36.7 Å². The molecule has 8 nitrogen and oxygen atoms in total. The number of aromatic nitrogens is 3. The highest BCUT2D eigenvalue weighted by atomic mass is 16.1. The van der Waals surface area contributed by atoms with Crippen LogP contribution in [-0.2, 0) is 4.79 Å². The van der Waals surface area contributed by atoms with Crippen LogP contribution in [0.5, 0.6) is 0 Å². The number of nitrogens with two attached hydrogens (primary N) is 1. The van der Waals surface area contributed by atoms with Crippen LogP contribution >= 0.6 is 0 Å². The molecule has 0 aliphatic carbocycles. The van der Waals surface area contributed by atoms with Crippen LogP contribution in [0, 0.1) is 12.8 Å². The van der Waals surface area contributed by atoms with Crippen molar-refractivity contribution in [3.05, 3.63) is 46.0 Å². The van der Waals surface area contributed by atoms with Crippen LogP contribution in [0.3, 0.4) is 0 Å². The molecule has 142 valence electrons. The van der Waals surface area contributed by atoms with Gasteiger partial charge in [-0.25, -0.2) is 4.98 Å². The average Bonchev–Trinajstić information content (AvgIpc) is 2.61. The van der Waals surface area contributed by atoms with Crippen molar-refractivity contribution in [2.75, 3.05) is 30.3 Å². The Morgan fingerprint density at radius 2 is 2.15 bits per heavy atom. The van der Waals surface area contributed by atoms with Gasteiger partial charge in [-0.15, -0.1) is 0 Å². The molecule has 4 heterocycles. The van der Waals surface area contributed by atoms with E-state index in [-0.39, 0.29) is 35.3 Å². The van der Waals surface area contributed by atoms with Crippen molar-refractivity contribution >= 4 is 17.7 Å². The summed E-state index contributed by atoms with van der Waals surface area (Å²) in [6.45, 7) is 5.39. The lowest BCUT2D eigenvalue weighted by Crippen LogP contribution is -2.52. The third kappa shape index (κ3) is 3.27. The lowest BCUT2D eigenvalue weighted by atomic mass is 9.78. The van der Waals surface area contributed by atoms with Gasteiger partial charge in [-0.05, 0) is 25.3 Å². The van der Waals surface area contributed by atoms with Crippen molar-refractivity contribution in [2.45, 2.75) is 32.2 Å². The van der Waals surface area contributed by atoms with Gasteiger partial charge < -0.3 is 20.5 Å². The van der Waals surface area contributed by atoms with Crippen LogP contribution in [-0.4, -0.2) is 40.1 Å². The Bertz CT molecular complexity index is 920. The maximum Gasteiger partial charge on any atom is 0.251 e. The molecule has 2 aliphatic heterocycles. The molecule has 8 heteroatoms.